The van der Waals surface area contributed by atoms with Crippen LogP contribution in [0.5, 0.6) is 5.75 Å². The van der Waals surface area contributed by atoms with Crippen LogP contribution in [0.25, 0.3) is 0 Å². The molecular formula is C14H19NO4. The minimum Gasteiger partial charge on any atom is -0.496 e. The average Bonchev–Trinajstić information content (AvgIpc) is 2.39. The van der Waals surface area contributed by atoms with Gasteiger partial charge >= 0.3 is 11.9 Å². The number of nitrogens with one attached hydrogen (secondary N) is 1. The van der Waals surface area contributed by atoms with Gasteiger partial charge in [-0.1, -0.05) is 17.7 Å². The van der Waals surface area contributed by atoms with Crippen molar-refractivity contribution in [3.8, 4) is 5.75 Å². The van der Waals surface area contributed by atoms with Crippen LogP contribution in [-0.2, 0) is 20.7 Å². The lowest BCUT2D eigenvalue weighted by molar-refractivity contribution is -0.154. The molecule has 0 radical (unpaired) electrons. The fourth-order valence-electron chi connectivity index (χ4n) is 1.68. The summed E-state index contributed by atoms with van der Waals surface area (Å²) in [5.74, 6) is -0.789. The Hall–Kier alpha value is -2.04. The van der Waals surface area contributed by atoms with E-state index in [4.69, 9.17) is 4.74 Å². The number of esters is 1. The van der Waals surface area contributed by atoms with Crippen molar-refractivity contribution in [1.29, 1.82) is 0 Å². The largest absolute Gasteiger partial charge is 0.496 e. The predicted molar refractivity (Wildman–Crippen MR) is 71.1 cm³/mol. The van der Waals surface area contributed by atoms with Crippen molar-refractivity contribution in [1.82, 2.24) is 5.32 Å². The quantitative estimate of drug-likeness (QED) is 0.642. The van der Waals surface area contributed by atoms with Crippen LogP contribution in [0.1, 0.15) is 18.1 Å². The highest BCUT2D eigenvalue weighted by Gasteiger charge is 2.13. The van der Waals surface area contributed by atoms with Crippen LogP contribution >= 0.6 is 0 Å². The van der Waals surface area contributed by atoms with Crippen LogP contribution in [0.15, 0.2) is 18.2 Å². The lowest BCUT2D eigenvalue weighted by Crippen LogP contribution is -2.33. The lowest BCUT2D eigenvalue weighted by Gasteiger charge is -2.10. The van der Waals surface area contributed by atoms with Crippen LogP contribution in [0.3, 0.4) is 0 Å². The Morgan fingerprint density at radius 3 is 2.68 bits per heavy atom. The second-order valence-corrected chi connectivity index (χ2v) is 4.04. The molecule has 1 N–H and O–H groups in total. The Morgan fingerprint density at radius 2 is 2.05 bits per heavy atom. The molecule has 104 valence electrons. The first kappa shape index (κ1) is 15.0. The molecule has 0 aliphatic rings. The Morgan fingerprint density at radius 1 is 1.32 bits per heavy atom. The molecule has 1 rings (SSSR count). The molecule has 5 heteroatoms. The number of carbonyl (C=O) groups excluding carboxylic acids is 2. The molecule has 0 saturated carbocycles. The minimum atomic E-state index is -0.848. The van der Waals surface area contributed by atoms with E-state index in [0.717, 1.165) is 16.9 Å². The lowest BCUT2D eigenvalue weighted by atomic mass is 10.1. The van der Waals surface area contributed by atoms with E-state index in [2.05, 4.69) is 10.1 Å². The van der Waals surface area contributed by atoms with E-state index < -0.39 is 11.9 Å². The smallest absolute Gasteiger partial charge is 0.396 e. The van der Waals surface area contributed by atoms with Gasteiger partial charge in [0.25, 0.3) is 0 Å². The summed E-state index contributed by atoms with van der Waals surface area (Å²) in [6, 6.07) is 5.84. The Labute approximate surface area is 112 Å². The fraction of sp³-hybridized carbons (Fsp3) is 0.429. The number of ether oxygens (including phenoxy) is 2. The number of carbonyl (C=O) groups is 2. The average molecular weight is 265 g/mol. The maximum Gasteiger partial charge on any atom is 0.396 e. The minimum absolute atomic E-state index is 0.192. The molecule has 0 heterocycles. The van der Waals surface area contributed by atoms with Crippen LogP contribution in [0, 0.1) is 6.92 Å². The van der Waals surface area contributed by atoms with Gasteiger partial charge < -0.3 is 14.8 Å². The van der Waals surface area contributed by atoms with Crippen molar-refractivity contribution in [3.63, 3.8) is 0 Å². The molecule has 1 aromatic carbocycles. The van der Waals surface area contributed by atoms with Gasteiger partial charge in [0.2, 0.25) is 0 Å². The molecular weight excluding hydrogens is 246 g/mol. The van der Waals surface area contributed by atoms with Crippen molar-refractivity contribution in [2.24, 2.45) is 0 Å². The number of methoxy groups -OCH3 is 1. The van der Waals surface area contributed by atoms with Crippen molar-refractivity contribution >= 4 is 11.9 Å². The molecule has 0 unspecified atom stereocenters. The summed E-state index contributed by atoms with van der Waals surface area (Å²) in [5, 5.41) is 2.52. The van der Waals surface area contributed by atoms with Crippen molar-refractivity contribution in [2.75, 3.05) is 20.3 Å². The van der Waals surface area contributed by atoms with Crippen molar-refractivity contribution in [3.05, 3.63) is 29.3 Å². The van der Waals surface area contributed by atoms with Crippen molar-refractivity contribution < 1.29 is 19.1 Å². The number of rotatable bonds is 5. The van der Waals surface area contributed by atoms with Gasteiger partial charge in [0, 0.05) is 6.54 Å². The molecule has 0 saturated heterocycles. The molecule has 0 aromatic heterocycles. The summed E-state index contributed by atoms with van der Waals surface area (Å²) < 4.78 is 9.83. The second-order valence-electron chi connectivity index (χ2n) is 4.04. The predicted octanol–water partition coefficient (Wildman–Crippen LogP) is 1.23. The molecule has 0 atom stereocenters. The van der Waals surface area contributed by atoms with Crippen LogP contribution in [0.2, 0.25) is 0 Å². The van der Waals surface area contributed by atoms with Crippen LogP contribution < -0.4 is 10.1 Å². The van der Waals surface area contributed by atoms with Gasteiger partial charge in [-0.3, -0.25) is 4.79 Å². The first-order valence-corrected chi connectivity index (χ1v) is 6.17. The summed E-state index contributed by atoms with van der Waals surface area (Å²) in [7, 11) is 1.60. The van der Waals surface area contributed by atoms with E-state index in [1.807, 2.05) is 25.1 Å². The van der Waals surface area contributed by atoms with Gasteiger partial charge in [0.1, 0.15) is 5.75 Å². The summed E-state index contributed by atoms with van der Waals surface area (Å²) in [6.07, 6.45) is 0.593. The van der Waals surface area contributed by atoms with E-state index in [1.54, 1.807) is 14.0 Å². The molecule has 0 aliphatic heterocycles. The normalized spacial score (nSPS) is 9.84. The number of amides is 1. The topological polar surface area (TPSA) is 64.6 Å². The molecule has 1 amide bonds. The third-order valence-corrected chi connectivity index (χ3v) is 2.58. The van der Waals surface area contributed by atoms with Crippen molar-refractivity contribution in [2.45, 2.75) is 20.3 Å². The van der Waals surface area contributed by atoms with E-state index in [0.29, 0.717) is 13.0 Å². The standard InChI is InChI=1S/C14H19NO4/c1-4-19-14(17)13(16)15-8-7-11-9-10(2)5-6-12(11)18-3/h5-6,9H,4,7-8H2,1-3H3,(H,15,16). The van der Waals surface area contributed by atoms with Gasteiger partial charge in [0.05, 0.1) is 13.7 Å². The van der Waals surface area contributed by atoms with E-state index >= 15 is 0 Å². The Bertz CT molecular complexity index is 457. The Kier molecular flexibility index (Phi) is 5.85. The summed E-state index contributed by atoms with van der Waals surface area (Å²) in [6.45, 7) is 4.19. The third kappa shape index (κ3) is 4.62. The maximum atomic E-state index is 11.3. The number of aryl methyl sites for hydroxylation is 1. The molecule has 1 aromatic rings. The molecule has 19 heavy (non-hydrogen) atoms. The van der Waals surface area contributed by atoms with Gasteiger partial charge in [-0.2, -0.15) is 0 Å². The maximum absolute atomic E-state index is 11.3. The van der Waals surface area contributed by atoms with Gasteiger partial charge in [-0.05, 0) is 31.9 Å². The first-order chi connectivity index (χ1) is 9.08. The zero-order valence-corrected chi connectivity index (χ0v) is 11.5. The van der Waals surface area contributed by atoms with Gasteiger partial charge in [0.15, 0.2) is 0 Å². The third-order valence-electron chi connectivity index (χ3n) is 2.58. The molecule has 0 bridgehead atoms. The van der Waals surface area contributed by atoms with Crippen LogP contribution in [-0.4, -0.2) is 32.1 Å². The van der Waals surface area contributed by atoms with E-state index in [9.17, 15) is 9.59 Å². The summed E-state index contributed by atoms with van der Waals surface area (Å²) in [4.78, 5) is 22.4. The summed E-state index contributed by atoms with van der Waals surface area (Å²) >= 11 is 0. The van der Waals surface area contributed by atoms with E-state index in [-0.39, 0.29) is 6.61 Å². The highest BCUT2D eigenvalue weighted by molar-refractivity contribution is 6.32. The number of benzene rings is 1. The Balaban J connectivity index is 2.51. The zero-order chi connectivity index (χ0) is 14.3. The second kappa shape index (κ2) is 7.41. The first-order valence-electron chi connectivity index (χ1n) is 6.17. The zero-order valence-electron chi connectivity index (χ0n) is 11.5. The van der Waals surface area contributed by atoms with Crippen LogP contribution in [0.4, 0.5) is 0 Å². The number of hydrogen-bond donors (Lipinski definition) is 1. The molecule has 0 spiro atoms. The van der Waals surface area contributed by atoms with Gasteiger partial charge in [-0.15, -0.1) is 0 Å². The van der Waals surface area contributed by atoms with Gasteiger partial charge in [-0.25, -0.2) is 4.79 Å². The highest BCUT2D eigenvalue weighted by atomic mass is 16.5. The fourth-order valence-corrected chi connectivity index (χ4v) is 1.68. The molecule has 5 nitrogen and oxygen atoms in total. The SMILES string of the molecule is CCOC(=O)C(=O)NCCc1cc(C)ccc1OC. The molecule has 0 aliphatic carbocycles. The van der Waals surface area contributed by atoms with E-state index in [1.165, 1.54) is 0 Å². The summed E-state index contributed by atoms with van der Waals surface area (Å²) in [5.41, 5.74) is 2.11. The highest BCUT2D eigenvalue weighted by Crippen LogP contribution is 2.19. The monoisotopic (exact) mass is 265 g/mol. The molecule has 0 fully saturated rings. The number of hydrogen-bond acceptors (Lipinski definition) is 4.